The molecule has 0 atom stereocenters. The normalized spacial score (nSPS) is 15.5. The molecule has 0 amide bonds. The van der Waals surface area contributed by atoms with Gasteiger partial charge in [0, 0.05) is 31.7 Å². The van der Waals surface area contributed by atoms with Gasteiger partial charge in [-0.05, 0) is 26.0 Å². The van der Waals surface area contributed by atoms with Crippen molar-refractivity contribution >= 4 is 5.95 Å². The molecule has 6 heteroatoms. The first-order chi connectivity index (χ1) is 10.2. The summed E-state index contributed by atoms with van der Waals surface area (Å²) < 4.78 is 5.72. The third-order valence-corrected chi connectivity index (χ3v) is 3.35. The van der Waals surface area contributed by atoms with Gasteiger partial charge < -0.3 is 15.0 Å². The van der Waals surface area contributed by atoms with Crippen LogP contribution in [0.5, 0.6) is 5.75 Å². The zero-order valence-corrected chi connectivity index (χ0v) is 12.5. The highest BCUT2D eigenvalue weighted by atomic mass is 16.5. The van der Waals surface area contributed by atoms with Crippen molar-refractivity contribution in [3.05, 3.63) is 24.3 Å². The Balaban J connectivity index is 1.79. The van der Waals surface area contributed by atoms with Crippen LogP contribution in [0.3, 0.4) is 0 Å². The number of nitrogens with one attached hydrogen (secondary N) is 2. The summed E-state index contributed by atoms with van der Waals surface area (Å²) in [5.74, 6) is 2.39. The lowest BCUT2D eigenvalue weighted by Crippen LogP contribution is -2.44. The van der Waals surface area contributed by atoms with Gasteiger partial charge in [-0.3, -0.25) is 5.10 Å². The molecule has 2 heterocycles. The van der Waals surface area contributed by atoms with Gasteiger partial charge in [0.25, 0.3) is 0 Å². The zero-order chi connectivity index (χ0) is 14.7. The Kier molecular flexibility index (Phi) is 4.06. The molecule has 6 nitrogen and oxygen atoms in total. The van der Waals surface area contributed by atoms with Gasteiger partial charge >= 0.3 is 0 Å². The Morgan fingerprint density at radius 3 is 2.81 bits per heavy atom. The van der Waals surface area contributed by atoms with E-state index in [1.165, 1.54) is 0 Å². The van der Waals surface area contributed by atoms with Gasteiger partial charge in [0.05, 0.1) is 6.10 Å². The SMILES string of the molecule is CC(C)Oc1cccc(-c2nc(N3CCNCC3)n[nH]2)c1. The number of aromatic nitrogens is 3. The largest absolute Gasteiger partial charge is 0.491 e. The summed E-state index contributed by atoms with van der Waals surface area (Å²) in [7, 11) is 0. The van der Waals surface area contributed by atoms with Crippen LogP contribution < -0.4 is 15.0 Å². The molecule has 3 rings (SSSR count). The second-order valence-corrected chi connectivity index (χ2v) is 5.42. The molecule has 0 unspecified atom stereocenters. The van der Waals surface area contributed by atoms with E-state index in [0.717, 1.165) is 49.3 Å². The maximum absolute atomic E-state index is 5.72. The van der Waals surface area contributed by atoms with Crippen molar-refractivity contribution in [1.29, 1.82) is 0 Å². The van der Waals surface area contributed by atoms with Crippen LogP contribution in [0.4, 0.5) is 5.95 Å². The van der Waals surface area contributed by atoms with Gasteiger partial charge in [-0.15, -0.1) is 5.10 Å². The van der Waals surface area contributed by atoms with E-state index in [-0.39, 0.29) is 6.10 Å². The Morgan fingerprint density at radius 1 is 1.24 bits per heavy atom. The molecular weight excluding hydrogens is 266 g/mol. The van der Waals surface area contributed by atoms with Crippen molar-refractivity contribution in [1.82, 2.24) is 20.5 Å². The van der Waals surface area contributed by atoms with E-state index in [9.17, 15) is 0 Å². The average molecular weight is 287 g/mol. The molecule has 112 valence electrons. The number of piperazine rings is 1. The number of hydrogen-bond acceptors (Lipinski definition) is 5. The number of aromatic amines is 1. The molecule has 0 bridgehead atoms. The Morgan fingerprint density at radius 2 is 2.05 bits per heavy atom. The van der Waals surface area contributed by atoms with Gasteiger partial charge in [0.1, 0.15) is 5.75 Å². The van der Waals surface area contributed by atoms with Crippen LogP contribution in [-0.4, -0.2) is 47.5 Å². The molecule has 2 aromatic rings. The van der Waals surface area contributed by atoms with Crippen molar-refractivity contribution in [3.63, 3.8) is 0 Å². The lowest BCUT2D eigenvalue weighted by atomic mass is 10.2. The molecular formula is C15H21N5O. The predicted octanol–water partition coefficient (Wildman–Crippen LogP) is 1.67. The molecule has 0 spiro atoms. The molecule has 1 aromatic heterocycles. The van der Waals surface area contributed by atoms with E-state index in [1.807, 2.05) is 38.1 Å². The van der Waals surface area contributed by atoms with Gasteiger partial charge in [0.15, 0.2) is 5.82 Å². The third-order valence-electron chi connectivity index (χ3n) is 3.35. The minimum atomic E-state index is 0.159. The highest BCUT2D eigenvalue weighted by Crippen LogP contribution is 2.23. The van der Waals surface area contributed by atoms with Crippen molar-refractivity contribution in [2.75, 3.05) is 31.1 Å². The Labute approximate surface area is 124 Å². The van der Waals surface area contributed by atoms with Crippen LogP contribution in [0.1, 0.15) is 13.8 Å². The number of hydrogen-bond donors (Lipinski definition) is 2. The van der Waals surface area contributed by atoms with Crippen LogP contribution in [0.2, 0.25) is 0 Å². The second kappa shape index (κ2) is 6.13. The standard InChI is InChI=1S/C15H21N5O/c1-11(2)21-13-5-3-4-12(10-13)14-17-15(19-18-14)20-8-6-16-7-9-20/h3-5,10-11,16H,6-9H2,1-2H3,(H,17,18,19). The highest BCUT2D eigenvalue weighted by molar-refractivity contribution is 5.58. The minimum absolute atomic E-state index is 0.159. The van der Waals surface area contributed by atoms with E-state index < -0.39 is 0 Å². The number of H-pyrrole nitrogens is 1. The zero-order valence-electron chi connectivity index (χ0n) is 12.5. The number of nitrogens with zero attached hydrogens (tertiary/aromatic N) is 3. The molecule has 0 saturated carbocycles. The fraction of sp³-hybridized carbons (Fsp3) is 0.467. The summed E-state index contributed by atoms with van der Waals surface area (Å²) in [4.78, 5) is 6.79. The third kappa shape index (κ3) is 3.33. The van der Waals surface area contributed by atoms with Crippen LogP contribution in [0.15, 0.2) is 24.3 Å². The molecule has 21 heavy (non-hydrogen) atoms. The van der Waals surface area contributed by atoms with Crippen molar-refractivity contribution in [2.45, 2.75) is 20.0 Å². The van der Waals surface area contributed by atoms with Gasteiger partial charge in [-0.1, -0.05) is 12.1 Å². The lowest BCUT2D eigenvalue weighted by Gasteiger charge is -2.25. The van der Waals surface area contributed by atoms with E-state index in [0.29, 0.717) is 0 Å². The fourth-order valence-electron chi connectivity index (χ4n) is 2.38. The molecule has 2 N–H and O–H groups in total. The summed E-state index contributed by atoms with van der Waals surface area (Å²) in [5, 5.41) is 10.7. The second-order valence-electron chi connectivity index (χ2n) is 5.42. The first-order valence-electron chi connectivity index (χ1n) is 7.37. The van der Waals surface area contributed by atoms with E-state index in [4.69, 9.17) is 4.74 Å². The lowest BCUT2D eigenvalue weighted by molar-refractivity contribution is 0.242. The molecule has 1 saturated heterocycles. The maximum atomic E-state index is 5.72. The number of anilines is 1. The van der Waals surface area contributed by atoms with Crippen LogP contribution in [0, 0.1) is 0 Å². The van der Waals surface area contributed by atoms with E-state index in [2.05, 4.69) is 25.4 Å². The summed E-state index contributed by atoms with van der Waals surface area (Å²) in [6, 6.07) is 7.93. The first-order valence-corrected chi connectivity index (χ1v) is 7.37. The van der Waals surface area contributed by atoms with Gasteiger partial charge in [-0.2, -0.15) is 4.98 Å². The fourth-order valence-corrected chi connectivity index (χ4v) is 2.38. The molecule has 1 fully saturated rings. The summed E-state index contributed by atoms with van der Waals surface area (Å²) in [6.07, 6.45) is 0.159. The smallest absolute Gasteiger partial charge is 0.245 e. The summed E-state index contributed by atoms with van der Waals surface area (Å²) in [6.45, 7) is 7.86. The summed E-state index contributed by atoms with van der Waals surface area (Å²) >= 11 is 0. The minimum Gasteiger partial charge on any atom is -0.491 e. The van der Waals surface area contributed by atoms with Crippen molar-refractivity contribution in [2.24, 2.45) is 0 Å². The van der Waals surface area contributed by atoms with Crippen LogP contribution in [0.25, 0.3) is 11.4 Å². The number of ether oxygens (including phenoxy) is 1. The van der Waals surface area contributed by atoms with Gasteiger partial charge in [-0.25, -0.2) is 0 Å². The molecule has 1 aromatic carbocycles. The molecule has 0 aliphatic carbocycles. The number of rotatable bonds is 4. The van der Waals surface area contributed by atoms with Crippen molar-refractivity contribution in [3.8, 4) is 17.1 Å². The predicted molar refractivity (Wildman–Crippen MR) is 82.7 cm³/mol. The van der Waals surface area contributed by atoms with E-state index >= 15 is 0 Å². The molecule has 0 radical (unpaired) electrons. The Hall–Kier alpha value is -2.08. The number of benzene rings is 1. The van der Waals surface area contributed by atoms with Crippen molar-refractivity contribution < 1.29 is 4.74 Å². The molecule has 1 aliphatic rings. The van der Waals surface area contributed by atoms with E-state index in [1.54, 1.807) is 0 Å². The molecule has 1 aliphatic heterocycles. The van der Waals surface area contributed by atoms with Crippen LogP contribution in [-0.2, 0) is 0 Å². The van der Waals surface area contributed by atoms with Crippen LogP contribution >= 0.6 is 0 Å². The monoisotopic (exact) mass is 287 g/mol. The Bertz CT molecular complexity index is 589. The quantitative estimate of drug-likeness (QED) is 0.895. The first kappa shape index (κ1) is 13.9. The van der Waals surface area contributed by atoms with Gasteiger partial charge in [0.2, 0.25) is 5.95 Å². The highest BCUT2D eigenvalue weighted by Gasteiger charge is 2.15. The summed E-state index contributed by atoms with van der Waals surface area (Å²) in [5.41, 5.74) is 0.988. The maximum Gasteiger partial charge on any atom is 0.245 e. The topological polar surface area (TPSA) is 66.1 Å². The average Bonchev–Trinajstić information content (AvgIpc) is 2.98.